The van der Waals surface area contributed by atoms with Gasteiger partial charge in [-0.15, -0.1) is 0 Å². The maximum atomic E-state index is 8.14. The van der Waals surface area contributed by atoms with Crippen LogP contribution in [0.25, 0.3) is 0 Å². The van der Waals surface area contributed by atoms with Gasteiger partial charge in [-0.05, 0) is 5.92 Å². The second-order valence-corrected chi connectivity index (χ2v) is 2.97. The van der Waals surface area contributed by atoms with Gasteiger partial charge in [0.2, 0.25) is 0 Å². The van der Waals surface area contributed by atoms with Gasteiger partial charge >= 0.3 is 51.4 Å². The standard InChI is InChI=1S/C4H10O.C4H9.K/c1-4(2)3-5;1-4(2)3;/h4-5H,3H2,1-2H3;4H,1H2,2-3H3;/q;-1;+1. The minimum absolute atomic E-state index is 0. The molecule has 0 saturated carbocycles. The second kappa shape index (κ2) is 13.2. The summed E-state index contributed by atoms with van der Waals surface area (Å²) < 4.78 is 0. The van der Waals surface area contributed by atoms with Gasteiger partial charge in [0.1, 0.15) is 0 Å². The zero-order valence-corrected chi connectivity index (χ0v) is 11.1. The number of aliphatic hydroxyl groups is 1. The number of hydrogen-bond donors (Lipinski definition) is 1. The molecule has 10 heavy (non-hydrogen) atoms. The molecule has 0 aromatic heterocycles. The Bertz CT molecular complexity index is 41.8. The summed E-state index contributed by atoms with van der Waals surface area (Å²) in [5, 5.41) is 8.14. The molecule has 0 bridgehead atoms. The molecule has 0 saturated heterocycles. The first-order chi connectivity index (χ1) is 4.00. The van der Waals surface area contributed by atoms with E-state index in [9.17, 15) is 0 Å². The second-order valence-electron chi connectivity index (χ2n) is 2.97. The molecule has 1 N–H and O–H groups in total. The molecule has 0 heterocycles. The largest absolute Gasteiger partial charge is 1.00 e. The molecule has 0 atom stereocenters. The van der Waals surface area contributed by atoms with Crippen LogP contribution in [0.5, 0.6) is 0 Å². The van der Waals surface area contributed by atoms with Gasteiger partial charge in [0.15, 0.2) is 0 Å². The fourth-order valence-corrected chi connectivity index (χ4v) is 0. The van der Waals surface area contributed by atoms with Gasteiger partial charge in [-0.2, -0.15) is 5.92 Å². The molecule has 2 heteroatoms. The summed E-state index contributed by atoms with van der Waals surface area (Å²) in [4.78, 5) is 0. The minimum Gasteiger partial charge on any atom is -0.396 e. The zero-order chi connectivity index (χ0) is 7.86. The number of rotatable bonds is 1. The van der Waals surface area contributed by atoms with Gasteiger partial charge < -0.3 is 12.0 Å². The van der Waals surface area contributed by atoms with Gasteiger partial charge in [0.05, 0.1) is 0 Å². The number of hydrogen-bond acceptors (Lipinski definition) is 1. The smallest absolute Gasteiger partial charge is 0.396 e. The van der Waals surface area contributed by atoms with E-state index in [-0.39, 0.29) is 51.4 Å². The van der Waals surface area contributed by atoms with Crippen molar-refractivity contribution in [1.29, 1.82) is 0 Å². The summed E-state index contributed by atoms with van der Waals surface area (Å²) in [7, 11) is 0. The fourth-order valence-electron chi connectivity index (χ4n) is 0. The van der Waals surface area contributed by atoms with Crippen LogP contribution in [-0.4, -0.2) is 11.7 Å². The molecule has 0 amide bonds. The quantitative estimate of drug-likeness (QED) is 0.400. The Labute approximate surface area is 108 Å². The first-order valence-electron chi connectivity index (χ1n) is 3.44. The summed E-state index contributed by atoms with van der Waals surface area (Å²) in [5.74, 6) is 1.02. The van der Waals surface area contributed by atoms with E-state index in [0.717, 1.165) is 0 Å². The SMILES string of the molecule is CC(C)CO.[CH2-]C(C)C.[K+]. The Morgan fingerprint density at radius 2 is 1.30 bits per heavy atom. The van der Waals surface area contributed by atoms with E-state index >= 15 is 0 Å². The summed E-state index contributed by atoms with van der Waals surface area (Å²) >= 11 is 0. The van der Waals surface area contributed by atoms with Gasteiger partial charge in [0.25, 0.3) is 0 Å². The van der Waals surface area contributed by atoms with E-state index in [0.29, 0.717) is 18.4 Å². The Hall–Kier alpha value is 1.60. The van der Waals surface area contributed by atoms with Crippen LogP contribution in [0, 0.1) is 18.8 Å². The van der Waals surface area contributed by atoms with Crippen LogP contribution in [0.2, 0.25) is 0 Å². The summed E-state index contributed by atoms with van der Waals surface area (Å²) in [6.45, 7) is 12.0. The molecule has 0 rings (SSSR count). The van der Waals surface area contributed by atoms with Crippen LogP contribution < -0.4 is 51.4 Å². The third-order valence-corrected chi connectivity index (χ3v) is 0.365. The predicted octanol–water partition coefficient (Wildman–Crippen LogP) is -0.885. The molecule has 1 nitrogen and oxygen atoms in total. The molecule has 0 radical (unpaired) electrons. The summed E-state index contributed by atoms with van der Waals surface area (Å²) in [6.07, 6.45) is 0. The van der Waals surface area contributed by atoms with E-state index in [1.165, 1.54) is 0 Å². The minimum atomic E-state index is 0. The zero-order valence-electron chi connectivity index (χ0n) is 8.02. The van der Waals surface area contributed by atoms with E-state index < -0.39 is 0 Å². The molecule has 0 spiro atoms. The molecule has 0 aliphatic heterocycles. The van der Waals surface area contributed by atoms with Crippen LogP contribution in [-0.2, 0) is 0 Å². The van der Waals surface area contributed by atoms with Crippen molar-refractivity contribution in [2.75, 3.05) is 6.61 Å². The van der Waals surface area contributed by atoms with Crippen molar-refractivity contribution in [2.24, 2.45) is 11.8 Å². The van der Waals surface area contributed by atoms with Crippen molar-refractivity contribution in [3.8, 4) is 0 Å². The van der Waals surface area contributed by atoms with E-state index in [1.807, 2.05) is 13.8 Å². The van der Waals surface area contributed by atoms with Crippen molar-refractivity contribution in [3.05, 3.63) is 6.92 Å². The van der Waals surface area contributed by atoms with Crippen LogP contribution in [0.15, 0.2) is 0 Å². The summed E-state index contributed by atoms with van der Waals surface area (Å²) in [6, 6.07) is 0. The Morgan fingerprint density at radius 3 is 1.30 bits per heavy atom. The monoisotopic (exact) mass is 170 g/mol. The van der Waals surface area contributed by atoms with Crippen LogP contribution >= 0.6 is 0 Å². The van der Waals surface area contributed by atoms with Crippen LogP contribution in [0.4, 0.5) is 0 Å². The normalized spacial score (nSPS) is 8.40. The molecule has 0 unspecified atom stereocenters. The molecule has 58 valence electrons. The van der Waals surface area contributed by atoms with Gasteiger partial charge in [-0.25, -0.2) is 0 Å². The van der Waals surface area contributed by atoms with Crippen molar-refractivity contribution >= 4 is 0 Å². The first kappa shape index (κ1) is 17.6. The van der Waals surface area contributed by atoms with Crippen LogP contribution in [0.3, 0.4) is 0 Å². The van der Waals surface area contributed by atoms with Gasteiger partial charge in [-0.1, -0.05) is 27.7 Å². The van der Waals surface area contributed by atoms with Crippen molar-refractivity contribution in [1.82, 2.24) is 0 Å². The predicted molar refractivity (Wildman–Crippen MR) is 42.1 cm³/mol. The molecule has 0 aromatic carbocycles. The van der Waals surface area contributed by atoms with Gasteiger partial charge in [-0.3, -0.25) is 0 Å². The van der Waals surface area contributed by atoms with Crippen LogP contribution in [0.1, 0.15) is 27.7 Å². The van der Waals surface area contributed by atoms with E-state index in [1.54, 1.807) is 0 Å². The van der Waals surface area contributed by atoms with Crippen molar-refractivity contribution in [3.63, 3.8) is 0 Å². The number of aliphatic hydroxyl groups excluding tert-OH is 1. The molecular weight excluding hydrogens is 151 g/mol. The average Bonchev–Trinajstić information content (AvgIpc) is 1.65. The third-order valence-electron chi connectivity index (χ3n) is 0.365. The topological polar surface area (TPSA) is 20.2 Å². The molecule has 0 aliphatic rings. The Balaban J connectivity index is -0.0000000910. The molecule has 0 aliphatic carbocycles. The Morgan fingerprint density at radius 1 is 1.20 bits per heavy atom. The van der Waals surface area contributed by atoms with Crippen molar-refractivity contribution in [2.45, 2.75) is 27.7 Å². The maximum Gasteiger partial charge on any atom is 1.00 e. The van der Waals surface area contributed by atoms with Crippen molar-refractivity contribution < 1.29 is 56.5 Å². The average molecular weight is 170 g/mol. The molecule has 0 aromatic rings. The fraction of sp³-hybridized carbons (Fsp3) is 0.875. The first-order valence-corrected chi connectivity index (χ1v) is 3.44. The van der Waals surface area contributed by atoms with E-state index in [2.05, 4.69) is 20.8 Å². The Kier molecular flexibility index (Phi) is 23.3. The molecular formula is C8H19KO. The maximum absolute atomic E-state index is 8.14. The van der Waals surface area contributed by atoms with E-state index in [4.69, 9.17) is 5.11 Å². The third kappa shape index (κ3) is 54.8. The summed E-state index contributed by atoms with van der Waals surface area (Å²) in [5.41, 5.74) is 0. The van der Waals surface area contributed by atoms with Gasteiger partial charge in [0, 0.05) is 6.61 Å². The molecule has 0 fully saturated rings.